The SMILES string of the molecule is CCc1nn2c(C)c(-c3ccc(C(C)N)cc3)nc2s1. The van der Waals surface area contributed by atoms with Gasteiger partial charge in [0.1, 0.15) is 5.01 Å². The first-order valence-electron chi connectivity index (χ1n) is 6.81. The quantitative estimate of drug-likeness (QED) is 0.803. The average Bonchev–Trinajstić information content (AvgIpc) is 2.98. The Kier molecular flexibility index (Phi) is 3.31. The molecular formula is C15H18N4S. The highest BCUT2D eigenvalue weighted by molar-refractivity contribution is 7.16. The van der Waals surface area contributed by atoms with Crippen molar-refractivity contribution in [2.45, 2.75) is 33.2 Å². The van der Waals surface area contributed by atoms with E-state index in [-0.39, 0.29) is 6.04 Å². The molecule has 0 fully saturated rings. The first-order valence-corrected chi connectivity index (χ1v) is 7.62. The second-order valence-electron chi connectivity index (χ2n) is 5.00. The van der Waals surface area contributed by atoms with Crippen LogP contribution in [0.2, 0.25) is 0 Å². The normalized spacial score (nSPS) is 13.0. The standard InChI is InChI=1S/C15H18N4S/c1-4-13-18-19-10(3)14(17-15(19)20-13)12-7-5-11(6-8-12)9(2)16/h5-9H,4,16H2,1-3H3. The van der Waals surface area contributed by atoms with Crippen LogP contribution in [0, 0.1) is 6.92 Å². The summed E-state index contributed by atoms with van der Waals surface area (Å²) in [6.45, 7) is 6.16. The number of fused-ring (bicyclic) bond motifs is 1. The Balaban J connectivity index is 2.05. The Morgan fingerprint density at radius 1 is 1.30 bits per heavy atom. The highest BCUT2D eigenvalue weighted by Crippen LogP contribution is 2.27. The van der Waals surface area contributed by atoms with E-state index in [1.165, 1.54) is 0 Å². The minimum atomic E-state index is 0.0596. The number of nitrogens with zero attached hydrogens (tertiary/aromatic N) is 3. The minimum absolute atomic E-state index is 0.0596. The Bertz CT molecular complexity index is 737. The first kappa shape index (κ1) is 13.3. The van der Waals surface area contributed by atoms with Crippen molar-refractivity contribution >= 4 is 16.3 Å². The molecule has 0 saturated heterocycles. The lowest BCUT2D eigenvalue weighted by atomic mass is 10.0. The second kappa shape index (κ2) is 5.00. The van der Waals surface area contributed by atoms with Gasteiger partial charge < -0.3 is 5.73 Å². The molecule has 2 aromatic heterocycles. The molecule has 1 unspecified atom stereocenters. The Labute approximate surface area is 122 Å². The van der Waals surface area contributed by atoms with E-state index < -0.39 is 0 Å². The lowest BCUT2D eigenvalue weighted by Crippen LogP contribution is -2.04. The number of hydrogen-bond donors (Lipinski definition) is 1. The Hall–Kier alpha value is -1.72. The summed E-state index contributed by atoms with van der Waals surface area (Å²) in [5, 5.41) is 5.70. The first-order chi connectivity index (χ1) is 9.60. The molecule has 0 aliphatic heterocycles. The molecule has 1 aromatic carbocycles. The van der Waals surface area contributed by atoms with E-state index >= 15 is 0 Å². The number of nitrogens with two attached hydrogens (primary N) is 1. The maximum atomic E-state index is 5.88. The van der Waals surface area contributed by atoms with Gasteiger partial charge in [-0.15, -0.1) is 0 Å². The van der Waals surface area contributed by atoms with E-state index in [0.717, 1.165) is 38.9 Å². The van der Waals surface area contributed by atoms with Gasteiger partial charge in [0, 0.05) is 11.6 Å². The Morgan fingerprint density at radius 2 is 2.00 bits per heavy atom. The van der Waals surface area contributed by atoms with Crippen LogP contribution in [0.1, 0.15) is 36.2 Å². The van der Waals surface area contributed by atoms with Crippen molar-refractivity contribution in [2.75, 3.05) is 0 Å². The van der Waals surface area contributed by atoms with Gasteiger partial charge in [0.2, 0.25) is 4.96 Å². The molecule has 3 rings (SSSR count). The highest BCUT2D eigenvalue weighted by atomic mass is 32.1. The van der Waals surface area contributed by atoms with Crippen LogP contribution >= 0.6 is 11.3 Å². The molecular weight excluding hydrogens is 268 g/mol. The molecule has 2 heterocycles. The van der Waals surface area contributed by atoms with Crippen LogP contribution in [0.15, 0.2) is 24.3 Å². The van der Waals surface area contributed by atoms with Crippen molar-refractivity contribution in [3.63, 3.8) is 0 Å². The largest absolute Gasteiger partial charge is 0.324 e. The zero-order valence-electron chi connectivity index (χ0n) is 11.9. The van der Waals surface area contributed by atoms with Gasteiger partial charge in [0.05, 0.1) is 11.4 Å². The number of aryl methyl sites for hydroxylation is 2. The van der Waals surface area contributed by atoms with Gasteiger partial charge in [-0.1, -0.05) is 42.5 Å². The number of hydrogen-bond acceptors (Lipinski definition) is 4. The topological polar surface area (TPSA) is 56.2 Å². The van der Waals surface area contributed by atoms with Crippen LogP contribution in [0.5, 0.6) is 0 Å². The van der Waals surface area contributed by atoms with Gasteiger partial charge >= 0.3 is 0 Å². The molecule has 104 valence electrons. The second-order valence-corrected chi connectivity index (χ2v) is 6.04. The van der Waals surface area contributed by atoms with Gasteiger partial charge in [-0.25, -0.2) is 9.50 Å². The van der Waals surface area contributed by atoms with Crippen LogP contribution in [0.4, 0.5) is 0 Å². The van der Waals surface area contributed by atoms with Gasteiger partial charge in [-0.3, -0.25) is 0 Å². The predicted molar refractivity (Wildman–Crippen MR) is 83.0 cm³/mol. The molecule has 0 amide bonds. The number of imidazole rings is 1. The monoisotopic (exact) mass is 286 g/mol. The summed E-state index contributed by atoms with van der Waals surface area (Å²) in [5.74, 6) is 0. The molecule has 0 saturated carbocycles. The smallest absolute Gasteiger partial charge is 0.212 e. The maximum Gasteiger partial charge on any atom is 0.212 e. The molecule has 3 aromatic rings. The summed E-state index contributed by atoms with van der Waals surface area (Å²) in [7, 11) is 0. The molecule has 20 heavy (non-hydrogen) atoms. The fourth-order valence-corrected chi connectivity index (χ4v) is 3.13. The van der Waals surface area contributed by atoms with E-state index in [9.17, 15) is 0 Å². The molecule has 4 nitrogen and oxygen atoms in total. The maximum absolute atomic E-state index is 5.88. The van der Waals surface area contributed by atoms with Gasteiger partial charge in [0.25, 0.3) is 0 Å². The zero-order valence-corrected chi connectivity index (χ0v) is 12.7. The van der Waals surface area contributed by atoms with Gasteiger partial charge in [-0.05, 0) is 25.8 Å². The lowest BCUT2D eigenvalue weighted by Gasteiger charge is -2.06. The molecule has 0 aliphatic carbocycles. The summed E-state index contributed by atoms with van der Waals surface area (Å²) in [5.41, 5.74) is 10.2. The summed E-state index contributed by atoms with van der Waals surface area (Å²) >= 11 is 1.66. The average molecular weight is 286 g/mol. The highest BCUT2D eigenvalue weighted by Gasteiger charge is 2.14. The van der Waals surface area contributed by atoms with Crippen molar-refractivity contribution in [1.82, 2.24) is 14.6 Å². The fourth-order valence-electron chi connectivity index (χ4n) is 2.25. The third kappa shape index (κ3) is 2.13. The van der Waals surface area contributed by atoms with Crippen molar-refractivity contribution in [3.05, 3.63) is 40.5 Å². The van der Waals surface area contributed by atoms with Crippen LogP contribution in [-0.4, -0.2) is 14.6 Å². The van der Waals surface area contributed by atoms with Crippen molar-refractivity contribution in [3.8, 4) is 11.3 Å². The molecule has 0 aliphatic rings. The van der Waals surface area contributed by atoms with Crippen LogP contribution in [-0.2, 0) is 6.42 Å². The molecule has 5 heteroatoms. The Morgan fingerprint density at radius 3 is 2.55 bits per heavy atom. The summed E-state index contributed by atoms with van der Waals surface area (Å²) in [6, 6.07) is 8.36. The number of rotatable bonds is 3. The van der Waals surface area contributed by atoms with E-state index in [1.54, 1.807) is 11.3 Å². The van der Waals surface area contributed by atoms with Crippen molar-refractivity contribution in [2.24, 2.45) is 5.73 Å². The summed E-state index contributed by atoms with van der Waals surface area (Å²) in [6.07, 6.45) is 0.950. The van der Waals surface area contributed by atoms with E-state index in [4.69, 9.17) is 10.7 Å². The van der Waals surface area contributed by atoms with Crippen LogP contribution in [0.25, 0.3) is 16.2 Å². The minimum Gasteiger partial charge on any atom is -0.324 e. The van der Waals surface area contributed by atoms with E-state index in [0.29, 0.717) is 0 Å². The predicted octanol–water partition coefficient (Wildman–Crippen LogP) is 3.35. The van der Waals surface area contributed by atoms with E-state index in [1.807, 2.05) is 11.4 Å². The van der Waals surface area contributed by atoms with Crippen LogP contribution < -0.4 is 5.73 Å². The molecule has 1 atom stereocenters. The van der Waals surface area contributed by atoms with Crippen molar-refractivity contribution < 1.29 is 0 Å². The molecule has 0 radical (unpaired) electrons. The van der Waals surface area contributed by atoms with E-state index in [2.05, 4.69) is 43.2 Å². The molecule has 0 spiro atoms. The third-order valence-corrected chi connectivity index (χ3v) is 4.53. The fraction of sp³-hybridized carbons (Fsp3) is 0.333. The summed E-state index contributed by atoms with van der Waals surface area (Å²) < 4.78 is 1.94. The summed E-state index contributed by atoms with van der Waals surface area (Å²) in [4.78, 5) is 5.68. The van der Waals surface area contributed by atoms with Crippen LogP contribution in [0.3, 0.4) is 0 Å². The third-order valence-electron chi connectivity index (χ3n) is 3.48. The zero-order chi connectivity index (χ0) is 14.3. The number of benzene rings is 1. The molecule has 0 bridgehead atoms. The van der Waals surface area contributed by atoms with Gasteiger partial charge in [-0.2, -0.15) is 5.10 Å². The van der Waals surface area contributed by atoms with Crippen molar-refractivity contribution in [1.29, 1.82) is 0 Å². The van der Waals surface area contributed by atoms with Gasteiger partial charge in [0.15, 0.2) is 0 Å². The molecule has 2 N–H and O–H groups in total. The lowest BCUT2D eigenvalue weighted by molar-refractivity contribution is 0.818. The number of aromatic nitrogens is 3.